The van der Waals surface area contributed by atoms with Crippen LogP contribution in [0.25, 0.3) is 122 Å². The quantitative estimate of drug-likeness (QED) is 0.127. The van der Waals surface area contributed by atoms with Gasteiger partial charge in [-0.15, -0.1) is 0 Å². The van der Waals surface area contributed by atoms with Crippen LogP contribution in [0.1, 0.15) is 105 Å². The minimum absolute atomic E-state index is 0.0371. The smallest absolute Gasteiger partial charge is 0.252 e. The molecule has 0 spiro atoms. The van der Waals surface area contributed by atoms with Crippen LogP contribution in [-0.4, -0.2) is 15.8 Å². The van der Waals surface area contributed by atoms with Crippen molar-refractivity contribution in [1.29, 1.82) is 0 Å². The Labute approximate surface area is 654 Å². The molecule has 0 unspecified atom stereocenters. The second-order valence-corrected chi connectivity index (χ2v) is 35.1. The van der Waals surface area contributed by atoms with Crippen molar-refractivity contribution >= 4 is 101 Å². The zero-order valence-electron chi connectivity index (χ0n) is 65.6. The molecule has 538 valence electrons. The first kappa shape index (κ1) is 69.1. The Balaban J connectivity index is 0.853. The SMILES string of the molecule is CC(C)(C)c1ccc2c(c1)c1ccc(C(C)(C)C)cc1n2-c1ccc2c(c1)N(c1ccc(-c3cc(-c4ccccc4)cc(-c4ccccc4)c3)cc1)c1cccc3c1B2c1ccc(-n2c4cc(C(C)(C)C)ccc4c4ccc(C(C)(C)C)cc42)cc1N3c1ccc(-c2cc(-c3ccccc3)cc(-c3ccccc3)c2)cc1. The summed E-state index contributed by atoms with van der Waals surface area (Å²) in [7, 11) is 0. The lowest BCUT2D eigenvalue weighted by atomic mass is 9.33. The summed E-state index contributed by atoms with van der Waals surface area (Å²) in [6.45, 7) is 27.8. The van der Waals surface area contributed by atoms with E-state index in [0.717, 1.165) is 56.6 Å². The molecule has 0 bridgehead atoms. The minimum Gasteiger partial charge on any atom is -0.311 e. The van der Waals surface area contributed by atoms with E-state index in [-0.39, 0.29) is 28.4 Å². The molecular formula is C106H91BN4. The topological polar surface area (TPSA) is 16.3 Å². The van der Waals surface area contributed by atoms with Gasteiger partial charge in [0.15, 0.2) is 0 Å². The summed E-state index contributed by atoms with van der Waals surface area (Å²) in [6.07, 6.45) is 0. The Morgan fingerprint density at radius 1 is 0.198 bits per heavy atom. The fourth-order valence-electron chi connectivity index (χ4n) is 17.6. The number of hydrogen-bond donors (Lipinski definition) is 0. The molecule has 0 N–H and O–H groups in total. The van der Waals surface area contributed by atoms with E-state index >= 15 is 0 Å². The van der Waals surface area contributed by atoms with Gasteiger partial charge in [-0.1, -0.05) is 289 Å². The van der Waals surface area contributed by atoms with Gasteiger partial charge in [0.25, 0.3) is 6.71 Å². The van der Waals surface area contributed by atoms with Gasteiger partial charge >= 0.3 is 0 Å². The average molecular weight is 1430 g/mol. The van der Waals surface area contributed by atoms with Crippen LogP contribution in [-0.2, 0) is 21.7 Å². The lowest BCUT2D eigenvalue weighted by molar-refractivity contribution is 0.590. The molecule has 2 aliphatic heterocycles. The molecule has 19 rings (SSSR count). The van der Waals surface area contributed by atoms with Crippen molar-refractivity contribution in [2.24, 2.45) is 0 Å². The van der Waals surface area contributed by atoms with E-state index < -0.39 is 0 Å². The highest BCUT2D eigenvalue weighted by Crippen LogP contribution is 2.49. The predicted molar refractivity (Wildman–Crippen MR) is 477 cm³/mol. The summed E-state index contributed by atoms with van der Waals surface area (Å²) in [5, 5.41) is 5.02. The first-order chi connectivity index (χ1) is 53.5. The number of nitrogens with zero attached hydrogens (tertiary/aromatic N) is 4. The van der Waals surface area contributed by atoms with E-state index in [1.807, 2.05) is 0 Å². The number of benzene rings is 15. The van der Waals surface area contributed by atoms with Crippen molar-refractivity contribution in [3.05, 3.63) is 356 Å². The van der Waals surface area contributed by atoms with Crippen LogP contribution in [0.4, 0.5) is 34.1 Å². The van der Waals surface area contributed by atoms with E-state index in [1.54, 1.807) is 0 Å². The lowest BCUT2D eigenvalue weighted by Gasteiger charge is -2.44. The number of fused-ring (bicyclic) bond motifs is 10. The summed E-state index contributed by atoms with van der Waals surface area (Å²) in [5.74, 6) is 0. The van der Waals surface area contributed by atoms with E-state index in [9.17, 15) is 0 Å². The van der Waals surface area contributed by atoms with Crippen LogP contribution >= 0.6 is 0 Å². The zero-order valence-corrected chi connectivity index (χ0v) is 65.6. The Morgan fingerprint density at radius 3 is 0.820 bits per heavy atom. The molecule has 17 aromatic rings. The van der Waals surface area contributed by atoms with Crippen LogP contribution < -0.4 is 26.2 Å². The summed E-state index contributed by atoms with van der Waals surface area (Å²) in [4.78, 5) is 5.17. The summed E-state index contributed by atoms with van der Waals surface area (Å²) in [5.41, 5.74) is 36.7. The monoisotopic (exact) mass is 1430 g/mol. The molecule has 0 saturated heterocycles. The van der Waals surface area contributed by atoms with E-state index in [4.69, 9.17) is 0 Å². The molecule has 0 radical (unpaired) electrons. The van der Waals surface area contributed by atoms with Crippen LogP contribution in [0.5, 0.6) is 0 Å². The van der Waals surface area contributed by atoms with Gasteiger partial charge in [0.1, 0.15) is 0 Å². The van der Waals surface area contributed by atoms with Gasteiger partial charge in [-0.25, -0.2) is 0 Å². The standard InChI is InChI=1S/C106H91BN4/c1-103(2,3)80-43-55-94-91(62-80)90-52-42-83(106(10,11)12)65-99(90)110(94)86-48-53-92-100(66-86)108(84-44-36-72(37-45-84)78-58-74(68-26-17-13-18-27-68)56-75(59-78)69-28-19-14-20-29-69)95-34-25-35-96-102(95)107(92)93-54-49-87(111-97-63-81(104(4,5)6)40-50-88(97)89-51-41-82(64-98(89)111)105(7,8)9)67-101(93)109(96)85-46-38-73(39-47-85)79-60-76(70-30-21-15-22-31-70)57-77(61-79)71-32-23-16-24-33-71/h13-67H,1-12H3. The van der Waals surface area contributed by atoms with Crippen molar-refractivity contribution in [1.82, 2.24) is 9.13 Å². The lowest BCUT2D eigenvalue weighted by Crippen LogP contribution is -2.61. The largest absolute Gasteiger partial charge is 0.311 e. The van der Waals surface area contributed by atoms with Gasteiger partial charge in [0.05, 0.1) is 22.1 Å². The molecule has 0 aliphatic carbocycles. The van der Waals surface area contributed by atoms with Gasteiger partial charge in [0.2, 0.25) is 0 Å². The molecule has 0 amide bonds. The van der Waals surface area contributed by atoms with E-state index in [1.165, 1.54) is 138 Å². The summed E-state index contributed by atoms with van der Waals surface area (Å²) >= 11 is 0. The molecule has 0 saturated carbocycles. The molecule has 2 aliphatic rings. The summed E-state index contributed by atoms with van der Waals surface area (Å²) < 4.78 is 5.12. The Hall–Kier alpha value is -12.4. The van der Waals surface area contributed by atoms with Gasteiger partial charge < -0.3 is 18.9 Å². The average Bonchev–Trinajstić information content (AvgIpc) is 1.14. The maximum Gasteiger partial charge on any atom is 0.252 e. The van der Waals surface area contributed by atoms with Crippen molar-refractivity contribution in [3.63, 3.8) is 0 Å². The van der Waals surface area contributed by atoms with Crippen LogP contribution in [0.2, 0.25) is 0 Å². The highest BCUT2D eigenvalue weighted by Gasteiger charge is 2.44. The summed E-state index contributed by atoms with van der Waals surface area (Å²) in [6, 6.07) is 127. The number of hydrogen-bond acceptors (Lipinski definition) is 2. The molecule has 4 nitrogen and oxygen atoms in total. The molecule has 0 atom stereocenters. The Kier molecular flexibility index (Phi) is 16.3. The van der Waals surface area contributed by atoms with Gasteiger partial charge in [-0.3, -0.25) is 0 Å². The van der Waals surface area contributed by atoms with E-state index in [0.29, 0.717) is 0 Å². The molecule has 111 heavy (non-hydrogen) atoms. The second-order valence-electron chi connectivity index (χ2n) is 35.1. The molecule has 4 heterocycles. The third-order valence-electron chi connectivity index (χ3n) is 23.7. The highest BCUT2D eigenvalue weighted by atomic mass is 15.2. The first-order valence-corrected chi connectivity index (χ1v) is 39.5. The van der Waals surface area contributed by atoms with Gasteiger partial charge in [-0.2, -0.15) is 0 Å². The number of aromatic nitrogens is 2. The van der Waals surface area contributed by atoms with Crippen molar-refractivity contribution < 1.29 is 0 Å². The minimum atomic E-state index is -0.164. The molecule has 2 aromatic heterocycles. The number of rotatable bonds is 10. The van der Waals surface area contributed by atoms with Gasteiger partial charge in [-0.05, 0) is 254 Å². The Morgan fingerprint density at radius 2 is 0.486 bits per heavy atom. The van der Waals surface area contributed by atoms with Gasteiger partial charge in [0, 0.05) is 67.0 Å². The van der Waals surface area contributed by atoms with Crippen molar-refractivity contribution in [3.8, 4) is 78.1 Å². The molecule has 0 fully saturated rings. The van der Waals surface area contributed by atoms with Crippen LogP contribution in [0.15, 0.2) is 334 Å². The maximum absolute atomic E-state index is 2.59. The molecular weight excluding hydrogens is 1340 g/mol. The highest BCUT2D eigenvalue weighted by molar-refractivity contribution is 7.00. The second kappa shape index (κ2) is 26.1. The third kappa shape index (κ3) is 12.1. The first-order valence-electron chi connectivity index (χ1n) is 39.5. The fourth-order valence-corrected chi connectivity index (χ4v) is 17.6. The number of anilines is 6. The zero-order chi connectivity index (χ0) is 76.0. The maximum atomic E-state index is 2.59. The van der Waals surface area contributed by atoms with Crippen LogP contribution in [0.3, 0.4) is 0 Å². The van der Waals surface area contributed by atoms with Crippen molar-refractivity contribution in [2.45, 2.75) is 105 Å². The van der Waals surface area contributed by atoms with E-state index in [2.05, 4.69) is 436 Å². The fraction of sp³-hybridized carbons (Fsp3) is 0.151. The normalized spacial score (nSPS) is 13.0. The Bertz CT molecular complexity index is 6330. The van der Waals surface area contributed by atoms with Crippen molar-refractivity contribution in [2.75, 3.05) is 9.80 Å². The molecule has 15 aromatic carbocycles. The predicted octanol–water partition coefficient (Wildman–Crippen LogP) is 27.2. The third-order valence-corrected chi connectivity index (χ3v) is 23.7. The van der Waals surface area contributed by atoms with Crippen LogP contribution in [0, 0.1) is 0 Å². The molecule has 5 heteroatoms.